The van der Waals surface area contributed by atoms with Crippen LogP contribution in [0.25, 0.3) is 21.8 Å². The first-order chi connectivity index (χ1) is 26.4. The number of carbonyl (C=O) groups is 3. The average molecular weight is 773 g/mol. The second-order valence-electron chi connectivity index (χ2n) is 14.1. The van der Waals surface area contributed by atoms with Crippen LogP contribution in [0.1, 0.15) is 69.0 Å². The molecule has 2 aromatic heterocycles. The second kappa shape index (κ2) is 15.0. The fourth-order valence-electron chi connectivity index (χ4n) is 7.73. The fraction of sp³-hybridized carbons (Fsp3) is 0.366. The van der Waals surface area contributed by atoms with Gasteiger partial charge in [0.1, 0.15) is 17.0 Å². The number of halogens is 2. The Labute approximate surface area is 321 Å². The zero-order valence-corrected chi connectivity index (χ0v) is 32.3. The smallest absolute Gasteiger partial charge is 0.346 e. The minimum atomic E-state index is -1.00. The molecule has 1 saturated heterocycles. The molecule has 2 aliphatic rings. The Morgan fingerprint density at radius 1 is 0.982 bits per heavy atom. The van der Waals surface area contributed by atoms with E-state index in [1.165, 1.54) is 25.7 Å². The van der Waals surface area contributed by atoms with E-state index in [0.717, 1.165) is 12.8 Å². The van der Waals surface area contributed by atoms with Crippen molar-refractivity contribution in [2.24, 2.45) is 0 Å². The summed E-state index contributed by atoms with van der Waals surface area (Å²) in [5, 5.41) is 4.50. The number of esters is 2. The molecule has 1 aliphatic heterocycles. The summed E-state index contributed by atoms with van der Waals surface area (Å²) in [7, 11) is 2.97. The van der Waals surface area contributed by atoms with Gasteiger partial charge in [0.2, 0.25) is 12.2 Å². The van der Waals surface area contributed by atoms with Crippen LogP contribution in [0.4, 0.5) is 10.1 Å². The van der Waals surface area contributed by atoms with Crippen molar-refractivity contribution in [3.05, 3.63) is 97.2 Å². The molecule has 1 saturated carbocycles. The molecule has 1 N–H and O–H groups in total. The van der Waals surface area contributed by atoms with Crippen LogP contribution in [0.5, 0.6) is 11.5 Å². The van der Waals surface area contributed by atoms with Gasteiger partial charge in [0.15, 0.2) is 11.6 Å². The Hall–Kier alpha value is -5.40. The third-order valence-corrected chi connectivity index (χ3v) is 10.8. The number of pyridine rings is 1. The standard InChI is InChI=1S/C41H42ClFN4O8/c1-21-19-45(16-15-44-21)37-35(43)22(2)33-36(39(37)53-6)46(27-11-12-27)24(4)34(38(33)49)41(51)55-20-54-32(48)18-29-23(3)47(31-14-13-28(52-5)17-30(29)31)40(50)25-7-9-26(42)10-8-25/h7-10,13-14,17,21,27,44H,11-12,15-16,18-20H2,1-6H3. The normalized spacial score (nSPS) is 15.7. The van der Waals surface area contributed by atoms with Gasteiger partial charge in [0, 0.05) is 64.6 Å². The summed E-state index contributed by atoms with van der Waals surface area (Å²) in [5.74, 6) is -1.87. The molecular weight excluding hydrogens is 731 g/mol. The molecule has 0 spiro atoms. The van der Waals surface area contributed by atoms with E-state index in [0.29, 0.717) is 75.0 Å². The maximum Gasteiger partial charge on any atom is 0.346 e. The zero-order valence-electron chi connectivity index (χ0n) is 31.5. The molecule has 0 radical (unpaired) electrons. The largest absolute Gasteiger partial charge is 0.497 e. The molecule has 12 nitrogen and oxygen atoms in total. The number of ether oxygens (including phenoxy) is 4. The van der Waals surface area contributed by atoms with Gasteiger partial charge in [-0.25, -0.2) is 9.18 Å². The molecule has 3 heterocycles. The topological polar surface area (TPSA) is 130 Å². The summed E-state index contributed by atoms with van der Waals surface area (Å²) in [4.78, 5) is 56.7. The molecule has 288 valence electrons. The average Bonchev–Trinajstić information content (AvgIpc) is 3.96. The number of rotatable bonds is 10. The number of benzene rings is 3. The molecule has 1 unspecified atom stereocenters. The Kier molecular flexibility index (Phi) is 10.4. The van der Waals surface area contributed by atoms with Crippen molar-refractivity contribution in [1.82, 2.24) is 14.5 Å². The molecule has 14 heteroatoms. The van der Waals surface area contributed by atoms with Crippen molar-refractivity contribution in [3.63, 3.8) is 0 Å². The van der Waals surface area contributed by atoms with Crippen LogP contribution >= 0.6 is 11.6 Å². The van der Waals surface area contributed by atoms with Crippen LogP contribution in [0.15, 0.2) is 47.3 Å². The molecule has 55 heavy (non-hydrogen) atoms. The van der Waals surface area contributed by atoms with Crippen LogP contribution < -0.4 is 25.1 Å². The van der Waals surface area contributed by atoms with Gasteiger partial charge in [-0.15, -0.1) is 0 Å². The fourth-order valence-corrected chi connectivity index (χ4v) is 7.85. The minimum absolute atomic E-state index is 0.0309. The van der Waals surface area contributed by atoms with Crippen LogP contribution in [-0.2, 0) is 20.7 Å². The van der Waals surface area contributed by atoms with E-state index in [2.05, 4.69) is 5.32 Å². The number of fused-ring (bicyclic) bond motifs is 2. The van der Waals surface area contributed by atoms with E-state index < -0.39 is 30.0 Å². The molecular formula is C41H42ClFN4O8. The number of methoxy groups -OCH3 is 2. The van der Waals surface area contributed by atoms with E-state index in [9.17, 15) is 19.2 Å². The summed E-state index contributed by atoms with van der Waals surface area (Å²) < 4.78 is 41.8. The quantitative estimate of drug-likeness (QED) is 0.126. The number of carbonyl (C=O) groups excluding carboxylic acids is 3. The van der Waals surface area contributed by atoms with Gasteiger partial charge in [-0.05, 0) is 88.6 Å². The first-order valence-electron chi connectivity index (χ1n) is 18.1. The SMILES string of the molecule is COc1ccc2c(c1)c(CC(=O)OCOC(=O)c1c(C)n(C3CC3)c3c(OC)c(N4CCNC(C)C4)c(F)c(C)c3c1=O)c(C)n2C(=O)c1ccc(Cl)cc1. The highest BCUT2D eigenvalue weighted by Crippen LogP contribution is 2.46. The first-order valence-corrected chi connectivity index (χ1v) is 18.5. The Morgan fingerprint density at radius 2 is 1.71 bits per heavy atom. The van der Waals surface area contributed by atoms with Crippen molar-refractivity contribution in [2.75, 3.05) is 45.5 Å². The number of nitrogens with one attached hydrogen (secondary N) is 1. The van der Waals surface area contributed by atoms with Gasteiger partial charge < -0.3 is 33.7 Å². The minimum Gasteiger partial charge on any atom is -0.497 e. The highest BCUT2D eigenvalue weighted by atomic mass is 35.5. The van der Waals surface area contributed by atoms with Gasteiger partial charge in [-0.3, -0.25) is 19.0 Å². The van der Waals surface area contributed by atoms with Crippen molar-refractivity contribution in [1.29, 1.82) is 0 Å². The summed E-state index contributed by atoms with van der Waals surface area (Å²) >= 11 is 6.04. The molecule has 0 amide bonds. The van der Waals surface area contributed by atoms with E-state index in [-0.39, 0.29) is 46.7 Å². The van der Waals surface area contributed by atoms with Crippen LogP contribution in [0, 0.1) is 26.6 Å². The summed E-state index contributed by atoms with van der Waals surface area (Å²) in [6, 6.07) is 11.8. The maximum absolute atomic E-state index is 16.3. The van der Waals surface area contributed by atoms with Crippen LogP contribution in [-0.4, -0.2) is 73.7 Å². The van der Waals surface area contributed by atoms with E-state index in [1.54, 1.807) is 56.3 Å². The molecule has 0 bridgehead atoms. The van der Waals surface area contributed by atoms with Crippen molar-refractivity contribution >= 4 is 56.9 Å². The molecule has 1 aliphatic carbocycles. The van der Waals surface area contributed by atoms with E-state index in [4.69, 9.17) is 30.5 Å². The van der Waals surface area contributed by atoms with Gasteiger partial charge in [-0.1, -0.05) is 11.6 Å². The number of nitrogens with zero attached hydrogens (tertiary/aromatic N) is 3. The Bertz CT molecular complexity index is 2440. The molecule has 2 fully saturated rings. The highest BCUT2D eigenvalue weighted by molar-refractivity contribution is 6.30. The van der Waals surface area contributed by atoms with Crippen molar-refractivity contribution < 1.29 is 37.7 Å². The van der Waals surface area contributed by atoms with Gasteiger partial charge in [0.05, 0.1) is 37.1 Å². The maximum atomic E-state index is 16.3. The van der Waals surface area contributed by atoms with Gasteiger partial charge in [-0.2, -0.15) is 0 Å². The predicted octanol–water partition coefficient (Wildman–Crippen LogP) is 6.41. The monoisotopic (exact) mass is 772 g/mol. The number of hydrogen-bond donors (Lipinski definition) is 1. The molecule has 7 rings (SSSR count). The first kappa shape index (κ1) is 37.9. The lowest BCUT2D eigenvalue weighted by atomic mass is 10.00. The molecule has 1 atom stereocenters. The lowest BCUT2D eigenvalue weighted by Gasteiger charge is -2.35. The number of aryl methyl sites for hydroxylation is 1. The van der Waals surface area contributed by atoms with Crippen molar-refractivity contribution in [2.45, 2.75) is 59.0 Å². The summed E-state index contributed by atoms with van der Waals surface area (Å²) in [6.07, 6.45) is 1.35. The number of aromatic nitrogens is 2. The van der Waals surface area contributed by atoms with Gasteiger partial charge >= 0.3 is 11.9 Å². The van der Waals surface area contributed by atoms with E-state index >= 15 is 4.39 Å². The van der Waals surface area contributed by atoms with Crippen LogP contribution in [0.3, 0.4) is 0 Å². The summed E-state index contributed by atoms with van der Waals surface area (Å²) in [6.45, 7) is 7.92. The number of piperazine rings is 1. The molecule has 3 aromatic carbocycles. The zero-order chi connectivity index (χ0) is 39.3. The Morgan fingerprint density at radius 3 is 2.36 bits per heavy atom. The summed E-state index contributed by atoms with van der Waals surface area (Å²) in [5.41, 5.74) is 2.22. The Balaban J connectivity index is 1.16. The molecule has 5 aromatic rings. The highest BCUT2D eigenvalue weighted by Gasteiger charge is 2.36. The lowest BCUT2D eigenvalue weighted by Crippen LogP contribution is -2.49. The number of hydrogen-bond acceptors (Lipinski definition) is 10. The lowest BCUT2D eigenvalue weighted by molar-refractivity contribution is -0.151. The number of anilines is 1. The predicted molar refractivity (Wildman–Crippen MR) is 207 cm³/mol. The van der Waals surface area contributed by atoms with Gasteiger partial charge in [0.25, 0.3) is 5.91 Å². The van der Waals surface area contributed by atoms with E-state index in [1.807, 2.05) is 16.4 Å². The van der Waals surface area contributed by atoms with Crippen molar-refractivity contribution in [3.8, 4) is 11.5 Å². The third kappa shape index (κ3) is 6.80. The van der Waals surface area contributed by atoms with Crippen LogP contribution in [0.2, 0.25) is 5.02 Å². The third-order valence-electron chi connectivity index (χ3n) is 10.6. The second-order valence-corrected chi connectivity index (χ2v) is 14.5.